The first-order valence-electron chi connectivity index (χ1n) is 4.26. The van der Waals surface area contributed by atoms with Crippen LogP contribution in [0, 0.1) is 6.07 Å². The van der Waals surface area contributed by atoms with Crippen LogP contribution in [0.4, 0.5) is 0 Å². The maximum absolute atomic E-state index is 5.98. The van der Waals surface area contributed by atoms with Crippen LogP contribution in [0.3, 0.4) is 0 Å². The van der Waals surface area contributed by atoms with Gasteiger partial charge in [0.05, 0.1) is 5.52 Å². The quantitative estimate of drug-likeness (QED) is 0.629. The zero-order chi connectivity index (χ0) is 9.26. The molecule has 2 aromatic rings. The van der Waals surface area contributed by atoms with E-state index in [0.717, 1.165) is 22.9 Å². The minimum absolute atomic E-state index is 0.612. The first kappa shape index (κ1) is 8.52. The third-order valence-electron chi connectivity index (χ3n) is 2.07. The fourth-order valence-electron chi connectivity index (χ4n) is 1.33. The Hall–Kier alpha value is -1.08. The van der Waals surface area contributed by atoms with Crippen molar-refractivity contribution < 1.29 is 0 Å². The molecule has 0 spiro atoms. The molecule has 65 valence electrons. The van der Waals surface area contributed by atoms with Gasteiger partial charge in [-0.3, -0.25) is 0 Å². The lowest BCUT2D eigenvalue weighted by Gasteiger charge is -2.02. The van der Waals surface area contributed by atoms with E-state index < -0.39 is 0 Å². The van der Waals surface area contributed by atoms with E-state index >= 15 is 0 Å². The lowest BCUT2D eigenvalue weighted by molar-refractivity contribution is 1.12. The summed E-state index contributed by atoms with van der Waals surface area (Å²) in [7, 11) is 0. The van der Waals surface area contributed by atoms with Gasteiger partial charge in [-0.25, -0.2) is 4.98 Å². The Bertz CT molecular complexity index is 437. The van der Waals surface area contributed by atoms with Crippen molar-refractivity contribution in [3.63, 3.8) is 0 Å². The first-order chi connectivity index (χ1) is 6.31. The van der Waals surface area contributed by atoms with Crippen molar-refractivity contribution in [2.75, 3.05) is 0 Å². The minimum atomic E-state index is 0.612. The molecule has 1 radical (unpaired) electrons. The summed E-state index contributed by atoms with van der Waals surface area (Å²) in [5.74, 6) is 0. The van der Waals surface area contributed by atoms with Gasteiger partial charge >= 0.3 is 0 Å². The van der Waals surface area contributed by atoms with E-state index in [0.29, 0.717) is 5.15 Å². The molecule has 0 fully saturated rings. The van der Waals surface area contributed by atoms with Crippen LogP contribution in [0.1, 0.15) is 12.5 Å². The van der Waals surface area contributed by atoms with Crippen LogP contribution >= 0.6 is 11.6 Å². The SMILES string of the molecule is CCc1cc2c[c]ccc2nc1Cl. The molecule has 0 N–H and O–H groups in total. The highest BCUT2D eigenvalue weighted by Gasteiger charge is 2.01. The maximum Gasteiger partial charge on any atom is 0.132 e. The Morgan fingerprint density at radius 1 is 1.54 bits per heavy atom. The Kier molecular flexibility index (Phi) is 2.19. The van der Waals surface area contributed by atoms with Crippen LogP contribution in [0.15, 0.2) is 24.3 Å². The van der Waals surface area contributed by atoms with Crippen molar-refractivity contribution >= 4 is 22.5 Å². The van der Waals surface area contributed by atoms with Crippen molar-refractivity contribution in [3.8, 4) is 0 Å². The molecule has 0 aliphatic carbocycles. The largest absolute Gasteiger partial charge is 0.236 e. The van der Waals surface area contributed by atoms with Gasteiger partial charge in [0, 0.05) is 5.39 Å². The van der Waals surface area contributed by atoms with Gasteiger partial charge in [-0.1, -0.05) is 24.6 Å². The van der Waals surface area contributed by atoms with Gasteiger partial charge in [0.2, 0.25) is 0 Å². The fourth-order valence-corrected chi connectivity index (χ4v) is 1.60. The van der Waals surface area contributed by atoms with Crippen LogP contribution in [0.2, 0.25) is 5.15 Å². The zero-order valence-electron chi connectivity index (χ0n) is 7.34. The monoisotopic (exact) mass is 190 g/mol. The lowest BCUT2D eigenvalue weighted by atomic mass is 10.1. The molecular weight excluding hydrogens is 182 g/mol. The molecule has 0 bridgehead atoms. The molecule has 2 rings (SSSR count). The number of rotatable bonds is 1. The second kappa shape index (κ2) is 3.35. The molecule has 0 atom stereocenters. The maximum atomic E-state index is 5.98. The molecule has 1 heterocycles. The Morgan fingerprint density at radius 2 is 2.38 bits per heavy atom. The van der Waals surface area contributed by atoms with Crippen molar-refractivity contribution in [1.29, 1.82) is 0 Å². The summed E-state index contributed by atoms with van der Waals surface area (Å²) < 4.78 is 0. The highest BCUT2D eigenvalue weighted by atomic mass is 35.5. The molecule has 0 amide bonds. The number of benzene rings is 1. The second-order valence-corrected chi connectivity index (χ2v) is 3.27. The summed E-state index contributed by atoms with van der Waals surface area (Å²) in [6.07, 6.45) is 0.913. The molecular formula is C11H9ClN. The molecule has 0 unspecified atom stereocenters. The minimum Gasteiger partial charge on any atom is -0.236 e. The van der Waals surface area contributed by atoms with Crippen LogP contribution in [-0.2, 0) is 6.42 Å². The van der Waals surface area contributed by atoms with Gasteiger partial charge in [-0.15, -0.1) is 0 Å². The first-order valence-corrected chi connectivity index (χ1v) is 4.64. The molecule has 13 heavy (non-hydrogen) atoms. The normalized spacial score (nSPS) is 10.6. The van der Waals surface area contributed by atoms with E-state index in [4.69, 9.17) is 11.6 Å². The van der Waals surface area contributed by atoms with Crippen molar-refractivity contribution in [2.24, 2.45) is 0 Å². The predicted octanol–water partition coefficient (Wildman–Crippen LogP) is 3.25. The predicted molar refractivity (Wildman–Crippen MR) is 55.0 cm³/mol. The average Bonchev–Trinajstić information content (AvgIpc) is 2.17. The van der Waals surface area contributed by atoms with E-state index in [9.17, 15) is 0 Å². The van der Waals surface area contributed by atoms with Crippen molar-refractivity contribution in [1.82, 2.24) is 4.98 Å². The van der Waals surface area contributed by atoms with Gasteiger partial charge in [0.1, 0.15) is 5.15 Å². The molecule has 0 saturated heterocycles. The summed E-state index contributed by atoms with van der Waals surface area (Å²) in [6, 6.07) is 10.8. The Morgan fingerprint density at radius 3 is 3.15 bits per heavy atom. The lowest BCUT2D eigenvalue weighted by Crippen LogP contribution is -1.87. The van der Waals surface area contributed by atoms with Crippen LogP contribution in [0.25, 0.3) is 10.9 Å². The van der Waals surface area contributed by atoms with Gasteiger partial charge in [-0.2, -0.15) is 0 Å². The number of halogens is 1. The van der Waals surface area contributed by atoms with Crippen LogP contribution in [0.5, 0.6) is 0 Å². The molecule has 0 aliphatic heterocycles. The summed E-state index contributed by atoms with van der Waals surface area (Å²) in [6.45, 7) is 2.07. The summed E-state index contributed by atoms with van der Waals surface area (Å²) in [4.78, 5) is 4.29. The number of pyridine rings is 1. The van der Waals surface area contributed by atoms with Gasteiger partial charge < -0.3 is 0 Å². The van der Waals surface area contributed by atoms with Gasteiger partial charge in [0.25, 0.3) is 0 Å². The molecule has 1 aromatic carbocycles. The third kappa shape index (κ3) is 1.52. The van der Waals surface area contributed by atoms with Crippen LogP contribution < -0.4 is 0 Å². The van der Waals surface area contributed by atoms with Crippen molar-refractivity contribution in [3.05, 3.63) is 41.0 Å². The van der Waals surface area contributed by atoms with E-state index in [2.05, 4.69) is 24.0 Å². The number of hydrogen-bond acceptors (Lipinski definition) is 1. The standard InChI is InChI=1S/C11H9ClN/c1-2-8-7-9-5-3-4-6-10(9)13-11(8)12/h4-7H,2H2,1H3. The molecule has 2 heteroatoms. The topological polar surface area (TPSA) is 12.9 Å². The number of fused-ring (bicyclic) bond motifs is 1. The van der Waals surface area contributed by atoms with Crippen molar-refractivity contribution in [2.45, 2.75) is 13.3 Å². The smallest absolute Gasteiger partial charge is 0.132 e. The summed E-state index contributed by atoms with van der Waals surface area (Å²) >= 11 is 5.98. The van der Waals surface area contributed by atoms with E-state index in [1.807, 2.05) is 18.2 Å². The Labute approximate surface area is 82.4 Å². The van der Waals surface area contributed by atoms with Gasteiger partial charge in [-0.05, 0) is 36.2 Å². The number of nitrogens with zero attached hydrogens (tertiary/aromatic N) is 1. The molecule has 0 aliphatic rings. The summed E-state index contributed by atoms with van der Waals surface area (Å²) in [5.41, 5.74) is 2.02. The van der Waals surface area contributed by atoms with Crippen LogP contribution in [-0.4, -0.2) is 4.98 Å². The highest BCUT2D eigenvalue weighted by Crippen LogP contribution is 2.20. The Balaban J connectivity index is 2.74. The molecule has 1 nitrogen and oxygen atoms in total. The molecule has 0 saturated carbocycles. The molecule has 1 aromatic heterocycles. The number of hydrogen-bond donors (Lipinski definition) is 0. The third-order valence-corrected chi connectivity index (χ3v) is 2.39. The number of aromatic nitrogens is 1. The summed E-state index contributed by atoms with van der Waals surface area (Å²) in [5, 5.41) is 1.71. The fraction of sp³-hybridized carbons (Fsp3) is 0.182. The highest BCUT2D eigenvalue weighted by molar-refractivity contribution is 6.30. The average molecular weight is 191 g/mol. The zero-order valence-corrected chi connectivity index (χ0v) is 8.10. The van der Waals surface area contributed by atoms with Gasteiger partial charge in [0.15, 0.2) is 0 Å². The van der Waals surface area contributed by atoms with E-state index in [1.165, 1.54) is 0 Å². The van der Waals surface area contributed by atoms with E-state index in [-0.39, 0.29) is 0 Å². The van der Waals surface area contributed by atoms with E-state index in [1.54, 1.807) is 0 Å². The number of aryl methyl sites for hydroxylation is 1. The second-order valence-electron chi connectivity index (χ2n) is 2.91.